The van der Waals surface area contributed by atoms with Gasteiger partial charge >= 0.3 is 6.36 Å². The third-order valence-corrected chi connectivity index (χ3v) is 6.86. The monoisotopic (exact) mass is 519 g/mol. The van der Waals surface area contributed by atoms with Gasteiger partial charge in [-0.15, -0.1) is 18.3 Å². The molecule has 0 bridgehead atoms. The Morgan fingerprint density at radius 3 is 2.59 bits per heavy atom. The number of carbonyl (C=O) groups is 3. The van der Waals surface area contributed by atoms with Crippen LogP contribution in [0, 0.1) is 5.41 Å². The van der Waals surface area contributed by atoms with E-state index in [1.54, 1.807) is 24.3 Å². The van der Waals surface area contributed by atoms with Crippen molar-refractivity contribution in [3.8, 4) is 5.75 Å². The Balaban J connectivity index is 1.39. The number of amides is 3. The van der Waals surface area contributed by atoms with Crippen LogP contribution in [0.15, 0.2) is 48.5 Å². The van der Waals surface area contributed by atoms with Crippen LogP contribution in [-0.2, 0) is 16.1 Å². The molecule has 2 fully saturated rings. The van der Waals surface area contributed by atoms with Gasteiger partial charge in [0, 0.05) is 17.5 Å². The molecule has 0 unspecified atom stereocenters. The number of aromatic nitrogens is 2. The van der Waals surface area contributed by atoms with E-state index in [0.29, 0.717) is 17.3 Å². The van der Waals surface area contributed by atoms with Crippen LogP contribution in [-0.4, -0.2) is 50.8 Å². The third-order valence-electron chi connectivity index (χ3n) is 6.86. The van der Waals surface area contributed by atoms with Gasteiger partial charge in [0.2, 0.25) is 5.91 Å². The molecule has 1 saturated carbocycles. The van der Waals surface area contributed by atoms with Crippen LogP contribution in [0.3, 0.4) is 0 Å². The van der Waals surface area contributed by atoms with Crippen molar-refractivity contribution in [1.29, 1.82) is 0 Å². The lowest BCUT2D eigenvalue weighted by Gasteiger charge is -2.28. The minimum absolute atomic E-state index is 0.00963. The first-order chi connectivity index (χ1) is 17.4. The summed E-state index contributed by atoms with van der Waals surface area (Å²) in [5, 5.41) is 4.36. The van der Waals surface area contributed by atoms with E-state index in [1.165, 1.54) is 9.58 Å². The Morgan fingerprint density at radius 1 is 1.16 bits per heavy atom. The molecule has 1 saturated heterocycles. The second kappa shape index (κ2) is 8.46. The Kier molecular flexibility index (Phi) is 5.61. The van der Waals surface area contributed by atoms with Crippen molar-refractivity contribution in [3.63, 3.8) is 0 Å². The molecule has 37 heavy (non-hydrogen) atoms. The van der Waals surface area contributed by atoms with Crippen molar-refractivity contribution in [2.75, 3.05) is 5.12 Å². The van der Waals surface area contributed by atoms with Crippen LogP contribution in [0.1, 0.15) is 30.3 Å². The van der Waals surface area contributed by atoms with Gasteiger partial charge in [0.25, 0.3) is 11.8 Å². The predicted octanol–water partition coefficient (Wildman–Crippen LogP) is 3.33. The quantitative estimate of drug-likeness (QED) is 0.397. The molecule has 2 aliphatic rings. The second-order valence-corrected chi connectivity index (χ2v) is 9.45. The smallest absolute Gasteiger partial charge is 0.406 e. The van der Waals surface area contributed by atoms with Gasteiger partial charge in [-0.3, -0.25) is 19.1 Å². The van der Waals surface area contributed by atoms with Crippen molar-refractivity contribution in [2.24, 2.45) is 11.1 Å². The summed E-state index contributed by atoms with van der Waals surface area (Å²) >= 11 is 0. The number of piperidine rings is 1. The number of nitrogens with zero attached hydrogens (tertiary/aromatic N) is 4. The number of alkyl halides is 3. The van der Waals surface area contributed by atoms with E-state index in [2.05, 4.69) is 9.84 Å². The van der Waals surface area contributed by atoms with Crippen molar-refractivity contribution in [1.82, 2.24) is 14.7 Å². The van der Waals surface area contributed by atoms with Gasteiger partial charge in [0.1, 0.15) is 18.3 Å². The largest absolute Gasteiger partial charge is 0.573 e. The van der Waals surface area contributed by atoms with Gasteiger partial charge in [0.05, 0.1) is 11.2 Å². The summed E-state index contributed by atoms with van der Waals surface area (Å²) in [6, 6.07) is 9.17. The number of likely N-dealkylation sites (tertiary alicyclic amines) is 1. The number of halogens is 4. The molecular weight excluding hydrogens is 498 g/mol. The zero-order valence-corrected chi connectivity index (χ0v) is 19.4. The molecule has 13 heteroatoms. The van der Waals surface area contributed by atoms with E-state index in [-0.39, 0.29) is 35.2 Å². The van der Waals surface area contributed by atoms with E-state index in [1.807, 2.05) is 6.92 Å². The highest BCUT2D eigenvalue weighted by molar-refractivity contribution is 6.04. The maximum Gasteiger partial charge on any atom is 0.573 e. The molecule has 1 aliphatic carbocycles. The van der Waals surface area contributed by atoms with Crippen LogP contribution in [0.2, 0.25) is 0 Å². The molecule has 2 N–H and O–H groups in total. The average Bonchev–Trinajstić information content (AvgIpc) is 3.19. The molecule has 3 amide bonds. The van der Waals surface area contributed by atoms with Crippen LogP contribution in [0.25, 0.3) is 10.9 Å². The Bertz CT molecular complexity index is 1420. The van der Waals surface area contributed by atoms with Crippen LogP contribution in [0.4, 0.5) is 23.3 Å². The number of rotatable bonds is 6. The number of ether oxygens (including phenoxy) is 1. The molecule has 9 nitrogen and oxygen atoms in total. The number of fused-ring (bicyclic) bond motifs is 2. The Labute approximate surface area is 207 Å². The number of benzene rings is 2. The Morgan fingerprint density at radius 2 is 1.89 bits per heavy atom. The lowest BCUT2D eigenvalue weighted by atomic mass is 10.0. The molecule has 3 aromatic rings. The van der Waals surface area contributed by atoms with Crippen LogP contribution < -0.4 is 15.6 Å². The summed E-state index contributed by atoms with van der Waals surface area (Å²) in [5.74, 6) is -3.06. The standard InChI is InChI=1S/C24H21F4N5O4/c1-23-10-17(22(36)33(28)13-5-4-6-14(9-13)37-24(25,26)27)32(18(23)11-23)19(34)12-31-16-8-3-2-7-15(16)20(30-31)21(29)35/h2-9,17-18H,10-12H2,1H3,(H2,29,35)/t17-,18+,23-/m0/s1. The summed E-state index contributed by atoms with van der Waals surface area (Å²) in [7, 11) is 0. The fourth-order valence-electron chi connectivity index (χ4n) is 5.05. The summed E-state index contributed by atoms with van der Waals surface area (Å²) < 4.78 is 58.0. The van der Waals surface area contributed by atoms with Gasteiger partial charge in [-0.25, -0.2) is 0 Å². The third kappa shape index (κ3) is 4.45. The highest BCUT2D eigenvalue weighted by Gasteiger charge is 2.65. The predicted molar refractivity (Wildman–Crippen MR) is 122 cm³/mol. The van der Waals surface area contributed by atoms with E-state index in [4.69, 9.17) is 5.73 Å². The van der Waals surface area contributed by atoms with Crippen molar-refractivity contribution in [3.05, 3.63) is 54.2 Å². The molecule has 0 radical (unpaired) electrons. The number of hydrogen-bond acceptors (Lipinski definition) is 5. The maximum atomic E-state index is 15.2. The number of hydrogen-bond donors (Lipinski definition) is 1. The first-order valence-electron chi connectivity index (χ1n) is 11.3. The average molecular weight is 519 g/mol. The number of primary amides is 1. The molecule has 2 aromatic carbocycles. The summed E-state index contributed by atoms with van der Waals surface area (Å²) in [6.45, 7) is 1.55. The molecule has 1 aromatic heterocycles. The molecule has 2 heterocycles. The number of anilines is 1. The zero-order chi connectivity index (χ0) is 26.7. The van der Waals surface area contributed by atoms with E-state index < -0.39 is 41.6 Å². The van der Waals surface area contributed by atoms with Gasteiger partial charge < -0.3 is 15.4 Å². The molecular formula is C24H21F4N5O4. The summed E-state index contributed by atoms with van der Waals surface area (Å²) in [5.41, 5.74) is 5.04. The number of nitrogens with two attached hydrogens (primary N) is 1. The highest BCUT2D eigenvalue weighted by atomic mass is 19.4. The molecule has 3 atom stereocenters. The Hall–Kier alpha value is -4.16. The second-order valence-electron chi connectivity index (χ2n) is 9.45. The van der Waals surface area contributed by atoms with E-state index >= 15 is 4.48 Å². The summed E-state index contributed by atoms with van der Waals surface area (Å²) in [6.07, 6.45) is -4.18. The number of para-hydroxylation sites is 1. The van der Waals surface area contributed by atoms with Gasteiger partial charge in [0.15, 0.2) is 5.69 Å². The first kappa shape index (κ1) is 24.5. The normalized spacial score (nSPS) is 22.6. The maximum absolute atomic E-state index is 15.2. The minimum atomic E-state index is -4.99. The molecule has 0 spiro atoms. The molecule has 194 valence electrons. The first-order valence-corrected chi connectivity index (χ1v) is 11.3. The summed E-state index contributed by atoms with van der Waals surface area (Å²) in [4.78, 5) is 39.7. The van der Waals surface area contributed by atoms with Crippen molar-refractivity contribution < 1.29 is 36.8 Å². The molecule has 1 aliphatic heterocycles. The fraction of sp³-hybridized carbons (Fsp3) is 0.333. The SMILES string of the molecule is C[C@@]12C[C@@H](C(=O)N(F)c3cccc(OC(F)(F)F)c3)N(C(=O)Cn3nc(C(N)=O)c4ccccc43)[C@@H]1C2. The molecule has 5 rings (SSSR count). The van der Waals surface area contributed by atoms with Crippen LogP contribution in [0.5, 0.6) is 5.75 Å². The van der Waals surface area contributed by atoms with Crippen molar-refractivity contribution >= 4 is 34.3 Å². The lowest BCUT2D eigenvalue weighted by molar-refractivity contribution is -0.274. The number of carbonyl (C=O) groups excluding carboxylic acids is 3. The minimum Gasteiger partial charge on any atom is -0.406 e. The van der Waals surface area contributed by atoms with Gasteiger partial charge in [-0.05, 0) is 36.5 Å². The zero-order valence-electron chi connectivity index (χ0n) is 19.4. The van der Waals surface area contributed by atoms with Gasteiger partial charge in [-0.2, -0.15) is 5.10 Å². The van der Waals surface area contributed by atoms with E-state index in [0.717, 1.165) is 24.3 Å². The highest BCUT2D eigenvalue weighted by Crippen LogP contribution is 2.59. The van der Waals surface area contributed by atoms with E-state index in [9.17, 15) is 27.6 Å². The fourth-order valence-corrected chi connectivity index (χ4v) is 5.05. The van der Waals surface area contributed by atoms with Crippen LogP contribution >= 0.6 is 0 Å². The van der Waals surface area contributed by atoms with Crippen molar-refractivity contribution in [2.45, 2.75) is 44.8 Å². The lowest BCUT2D eigenvalue weighted by Crippen LogP contribution is -2.48. The topological polar surface area (TPSA) is 111 Å². The van der Waals surface area contributed by atoms with Gasteiger partial charge in [-0.1, -0.05) is 35.7 Å².